The van der Waals surface area contributed by atoms with Gasteiger partial charge in [0.05, 0.1) is 0 Å². The standard InChI is InChI=1S/C16H18BrNS/c17-13-7-3-6-11-12(8-19-16(11)13)15(18)14-9-4-1-2-5-10(9)14/h3,6-10,14-15H,1-2,4-5,18H2. The van der Waals surface area contributed by atoms with Crippen LogP contribution in [0.25, 0.3) is 10.1 Å². The van der Waals surface area contributed by atoms with E-state index in [4.69, 9.17) is 5.73 Å². The number of rotatable bonds is 2. The third-order valence-electron chi connectivity index (χ3n) is 5.08. The zero-order valence-corrected chi connectivity index (χ0v) is 13.2. The van der Waals surface area contributed by atoms with Gasteiger partial charge in [-0.25, -0.2) is 0 Å². The second-order valence-electron chi connectivity index (χ2n) is 6.02. The Kier molecular flexibility index (Phi) is 2.98. The van der Waals surface area contributed by atoms with Gasteiger partial charge in [-0.05, 0) is 68.9 Å². The summed E-state index contributed by atoms with van der Waals surface area (Å²) in [6, 6.07) is 6.70. The summed E-state index contributed by atoms with van der Waals surface area (Å²) in [6.45, 7) is 0. The van der Waals surface area contributed by atoms with Crippen LogP contribution in [0.2, 0.25) is 0 Å². The van der Waals surface area contributed by atoms with Crippen LogP contribution in [0.1, 0.15) is 37.3 Å². The SMILES string of the molecule is NC(c1csc2c(Br)cccc12)C1C2CCCCC21. The summed E-state index contributed by atoms with van der Waals surface area (Å²) in [5.74, 6) is 2.59. The molecule has 1 aromatic heterocycles. The van der Waals surface area contributed by atoms with Gasteiger partial charge < -0.3 is 5.73 Å². The van der Waals surface area contributed by atoms with Crippen LogP contribution in [0.5, 0.6) is 0 Å². The van der Waals surface area contributed by atoms with Crippen molar-refractivity contribution >= 4 is 37.4 Å². The fourth-order valence-corrected chi connectivity index (χ4v) is 5.76. The lowest BCUT2D eigenvalue weighted by molar-refractivity contribution is 0.480. The highest BCUT2D eigenvalue weighted by Crippen LogP contribution is 2.60. The molecule has 2 aromatic rings. The summed E-state index contributed by atoms with van der Waals surface area (Å²) in [4.78, 5) is 0. The lowest BCUT2D eigenvalue weighted by Crippen LogP contribution is -2.13. The van der Waals surface area contributed by atoms with E-state index in [2.05, 4.69) is 39.5 Å². The van der Waals surface area contributed by atoms with Crippen molar-refractivity contribution in [2.75, 3.05) is 0 Å². The first-order valence-corrected chi connectivity index (χ1v) is 8.86. The van der Waals surface area contributed by atoms with Crippen LogP contribution >= 0.6 is 27.3 Å². The molecule has 0 amide bonds. The van der Waals surface area contributed by atoms with Crippen LogP contribution in [0.3, 0.4) is 0 Å². The van der Waals surface area contributed by atoms with Crippen LogP contribution < -0.4 is 5.73 Å². The van der Waals surface area contributed by atoms with E-state index in [0.717, 1.165) is 17.8 Å². The summed E-state index contributed by atoms with van der Waals surface area (Å²) in [7, 11) is 0. The summed E-state index contributed by atoms with van der Waals surface area (Å²) in [6.07, 6.45) is 5.66. The fraction of sp³-hybridized carbons (Fsp3) is 0.500. The van der Waals surface area contributed by atoms with Gasteiger partial charge in [0.2, 0.25) is 0 Å². The van der Waals surface area contributed by atoms with Crippen LogP contribution in [0.4, 0.5) is 0 Å². The van der Waals surface area contributed by atoms with Crippen LogP contribution in [0, 0.1) is 17.8 Å². The van der Waals surface area contributed by atoms with Gasteiger partial charge in [-0.1, -0.05) is 25.0 Å². The smallest absolute Gasteiger partial charge is 0.0488 e. The van der Waals surface area contributed by atoms with E-state index in [-0.39, 0.29) is 6.04 Å². The Hall–Kier alpha value is -0.380. The molecule has 3 heteroatoms. The van der Waals surface area contributed by atoms with Gasteiger partial charge in [-0.3, -0.25) is 0 Å². The second-order valence-corrected chi connectivity index (χ2v) is 7.76. The minimum atomic E-state index is 0.246. The quantitative estimate of drug-likeness (QED) is 0.811. The van der Waals surface area contributed by atoms with E-state index in [1.54, 1.807) is 0 Å². The highest BCUT2D eigenvalue weighted by Gasteiger charge is 2.53. The maximum atomic E-state index is 6.61. The highest BCUT2D eigenvalue weighted by atomic mass is 79.9. The van der Waals surface area contributed by atoms with Gasteiger partial charge in [-0.2, -0.15) is 0 Å². The van der Waals surface area contributed by atoms with E-state index < -0.39 is 0 Å². The Morgan fingerprint density at radius 1 is 1.21 bits per heavy atom. The van der Waals surface area contributed by atoms with Gasteiger partial charge in [0.15, 0.2) is 0 Å². The number of benzene rings is 1. The van der Waals surface area contributed by atoms with Crippen LogP contribution in [-0.2, 0) is 0 Å². The van der Waals surface area contributed by atoms with Crippen molar-refractivity contribution < 1.29 is 0 Å². The van der Waals surface area contributed by atoms with Gasteiger partial charge >= 0.3 is 0 Å². The molecule has 3 unspecified atom stereocenters. The average Bonchev–Trinajstić information content (AvgIpc) is 2.99. The van der Waals surface area contributed by atoms with Gasteiger partial charge in [0.1, 0.15) is 0 Å². The summed E-state index contributed by atoms with van der Waals surface area (Å²) >= 11 is 5.46. The Balaban J connectivity index is 1.69. The second kappa shape index (κ2) is 4.57. The molecule has 0 spiro atoms. The number of thiophene rings is 1. The maximum absolute atomic E-state index is 6.61. The first kappa shape index (κ1) is 12.4. The summed E-state index contributed by atoms with van der Waals surface area (Å²) < 4.78 is 2.54. The van der Waals surface area contributed by atoms with Gasteiger partial charge in [0.25, 0.3) is 0 Å². The molecule has 2 N–H and O–H groups in total. The molecule has 2 fully saturated rings. The topological polar surface area (TPSA) is 26.0 Å². The van der Waals surface area contributed by atoms with Crippen molar-refractivity contribution in [3.63, 3.8) is 0 Å². The van der Waals surface area contributed by atoms with Crippen molar-refractivity contribution in [3.05, 3.63) is 33.6 Å². The predicted octanol–water partition coefficient (Wildman–Crippen LogP) is 5.10. The normalized spacial score (nSPS) is 31.2. The molecule has 0 aliphatic heterocycles. The van der Waals surface area contributed by atoms with Gasteiger partial charge in [-0.15, -0.1) is 11.3 Å². The zero-order valence-electron chi connectivity index (χ0n) is 10.8. The summed E-state index contributed by atoms with van der Waals surface area (Å²) in [5, 5.41) is 3.64. The molecule has 0 radical (unpaired) electrons. The largest absolute Gasteiger partial charge is 0.324 e. The Morgan fingerprint density at radius 3 is 2.68 bits per heavy atom. The lowest BCUT2D eigenvalue weighted by atomic mass is 10.0. The number of halogens is 1. The van der Waals surface area contributed by atoms with Gasteiger partial charge in [0, 0.05) is 15.2 Å². The van der Waals surface area contributed by atoms with E-state index >= 15 is 0 Å². The molecule has 2 aliphatic rings. The first-order chi connectivity index (χ1) is 9.27. The molecule has 2 aliphatic carbocycles. The number of nitrogens with two attached hydrogens (primary N) is 1. The number of hydrogen-bond donors (Lipinski definition) is 1. The average molecular weight is 336 g/mol. The molecule has 100 valence electrons. The molecule has 2 saturated carbocycles. The predicted molar refractivity (Wildman–Crippen MR) is 85.4 cm³/mol. The molecule has 0 bridgehead atoms. The minimum absolute atomic E-state index is 0.246. The third-order valence-corrected chi connectivity index (χ3v) is 7.05. The van der Waals surface area contributed by atoms with Crippen LogP contribution in [-0.4, -0.2) is 0 Å². The molecule has 1 heterocycles. The monoisotopic (exact) mass is 335 g/mol. The van der Waals surface area contributed by atoms with Crippen LogP contribution in [0.15, 0.2) is 28.1 Å². The molecular weight excluding hydrogens is 318 g/mol. The molecule has 1 nitrogen and oxygen atoms in total. The minimum Gasteiger partial charge on any atom is -0.324 e. The van der Waals surface area contributed by atoms with Crippen molar-refractivity contribution in [1.29, 1.82) is 0 Å². The zero-order chi connectivity index (χ0) is 13.0. The van der Waals surface area contributed by atoms with E-state index in [9.17, 15) is 0 Å². The van der Waals surface area contributed by atoms with Crippen molar-refractivity contribution in [2.24, 2.45) is 23.5 Å². The lowest BCUT2D eigenvalue weighted by Gasteiger charge is -2.11. The molecular formula is C16H18BrNS. The third kappa shape index (κ3) is 1.90. The summed E-state index contributed by atoms with van der Waals surface area (Å²) in [5.41, 5.74) is 7.99. The molecule has 4 rings (SSSR count). The highest BCUT2D eigenvalue weighted by molar-refractivity contribution is 9.10. The van der Waals surface area contributed by atoms with Crippen molar-refractivity contribution in [3.8, 4) is 0 Å². The molecule has 1 aromatic carbocycles. The van der Waals surface area contributed by atoms with E-state index in [1.165, 1.54) is 45.8 Å². The molecule has 19 heavy (non-hydrogen) atoms. The fourth-order valence-electron chi connectivity index (χ4n) is 4.09. The van der Waals surface area contributed by atoms with Crippen molar-refractivity contribution in [1.82, 2.24) is 0 Å². The maximum Gasteiger partial charge on any atom is 0.0488 e. The molecule has 3 atom stereocenters. The van der Waals surface area contributed by atoms with E-state index in [0.29, 0.717) is 0 Å². The Labute approximate surface area is 126 Å². The van der Waals surface area contributed by atoms with E-state index in [1.807, 2.05) is 11.3 Å². The Morgan fingerprint density at radius 2 is 1.95 bits per heavy atom. The molecule has 0 saturated heterocycles. The first-order valence-electron chi connectivity index (χ1n) is 7.18. The van der Waals surface area contributed by atoms with Crippen molar-refractivity contribution in [2.45, 2.75) is 31.7 Å². The Bertz CT molecular complexity index is 608. The number of fused-ring (bicyclic) bond motifs is 2. The number of hydrogen-bond acceptors (Lipinski definition) is 2.